The van der Waals surface area contributed by atoms with E-state index in [0.29, 0.717) is 18.5 Å². The minimum atomic E-state index is -4.15. The number of nitrogens with one attached hydrogen (secondary N) is 1. The Morgan fingerprint density at radius 2 is 1.43 bits per heavy atom. The number of carbonyl (C=O) groups excluding carboxylic acids is 2. The normalized spacial score (nSPS) is 18.1. The van der Waals surface area contributed by atoms with Crippen molar-refractivity contribution in [2.24, 2.45) is 0 Å². The minimum absolute atomic E-state index is 0.00514. The molecule has 4 aromatic rings. The number of likely N-dealkylation sites (tertiary alicyclic amines) is 1. The summed E-state index contributed by atoms with van der Waals surface area (Å²) in [4.78, 5) is 35.9. The maximum Gasteiger partial charge on any atom is 0.261 e. The number of hydrogen-bond donors (Lipinski definition) is 1. The van der Waals surface area contributed by atoms with Crippen LogP contribution >= 0.6 is 0 Å². The predicted octanol–water partition coefficient (Wildman–Crippen LogP) is 4.26. The van der Waals surface area contributed by atoms with E-state index in [1.165, 1.54) is 16.8 Å². The number of piperazine rings is 1. The number of carbonyl (C=O) groups is 2. The van der Waals surface area contributed by atoms with Crippen LogP contribution in [0.5, 0.6) is 0 Å². The fourth-order valence-corrected chi connectivity index (χ4v) is 8.03. The standard InChI is InChI=1S/C36H41N5O4S/c42-35(20-23-39-21-10-3-11-22-39)40-24-25-41(46(44,45)34-19-18-30-16-8-9-17-32(30)38-34)33(27-40)36(43)37-26-31(28-12-4-1-5-13-28)29-14-6-2-7-15-29/h1-2,4-9,12-19,31,33H,3,10-11,20-27H2,(H,37,43). The van der Waals surface area contributed by atoms with Gasteiger partial charge in [0.2, 0.25) is 11.8 Å². The molecule has 2 amide bonds. The number of para-hydroxylation sites is 1. The molecular weight excluding hydrogens is 598 g/mol. The third-order valence-electron chi connectivity index (χ3n) is 9.11. The molecule has 0 bridgehead atoms. The zero-order chi connectivity index (χ0) is 31.9. The Bertz CT molecular complexity index is 1710. The van der Waals surface area contributed by atoms with Crippen LogP contribution in [0.25, 0.3) is 10.9 Å². The maximum absolute atomic E-state index is 14.1. The quantitative estimate of drug-likeness (QED) is 0.278. The lowest BCUT2D eigenvalue weighted by molar-refractivity contribution is -0.136. The van der Waals surface area contributed by atoms with Crippen LogP contribution in [-0.2, 0) is 19.6 Å². The van der Waals surface area contributed by atoms with E-state index in [4.69, 9.17) is 0 Å². The lowest BCUT2D eigenvalue weighted by Crippen LogP contribution is -2.61. The molecule has 0 saturated carbocycles. The first-order valence-electron chi connectivity index (χ1n) is 16.2. The minimum Gasteiger partial charge on any atom is -0.354 e. The van der Waals surface area contributed by atoms with Gasteiger partial charge in [0.05, 0.1) is 5.52 Å². The summed E-state index contributed by atoms with van der Waals surface area (Å²) >= 11 is 0. The van der Waals surface area contributed by atoms with Gasteiger partial charge >= 0.3 is 0 Å². The van der Waals surface area contributed by atoms with Gasteiger partial charge in [0.25, 0.3) is 10.0 Å². The molecule has 0 aliphatic carbocycles. The van der Waals surface area contributed by atoms with E-state index in [1.807, 2.05) is 78.9 Å². The van der Waals surface area contributed by atoms with Crippen molar-refractivity contribution in [3.8, 4) is 0 Å². The van der Waals surface area contributed by atoms with Crippen LogP contribution in [0.3, 0.4) is 0 Å². The first-order chi connectivity index (χ1) is 22.4. The van der Waals surface area contributed by atoms with Crippen LogP contribution in [0, 0.1) is 0 Å². The van der Waals surface area contributed by atoms with Crippen molar-refractivity contribution in [1.29, 1.82) is 0 Å². The van der Waals surface area contributed by atoms with Crippen molar-refractivity contribution in [3.05, 3.63) is 108 Å². The first kappa shape index (κ1) is 31.8. The van der Waals surface area contributed by atoms with Crippen molar-refractivity contribution >= 4 is 32.7 Å². The molecule has 0 spiro atoms. The van der Waals surface area contributed by atoms with E-state index in [-0.39, 0.29) is 43.0 Å². The third kappa shape index (κ3) is 7.30. The molecule has 2 fully saturated rings. The molecule has 3 heterocycles. The highest BCUT2D eigenvalue weighted by Crippen LogP contribution is 2.26. The fourth-order valence-electron chi connectivity index (χ4n) is 6.52. The third-order valence-corrected chi connectivity index (χ3v) is 10.9. The van der Waals surface area contributed by atoms with Gasteiger partial charge in [-0.3, -0.25) is 9.59 Å². The van der Waals surface area contributed by atoms with Gasteiger partial charge in [-0.2, -0.15) is 4.31 Å². The number of fused-ring (bicyclic) bond motifs is 1. The molecular formula is C36H41N5O4S. The summed E-state index contributed by atoms with van der Waals surface area (Å²) in [5, 5.41) is 3.78. The van der Waals surface area contributed by atoms with Crippen molar-refractivity contribution < 1.29 is 18.0 Å². The number of amides is 2. The highest BCUT2D eigenvalue weighted by Gasteiger charge is 2.42. The van der Waals surface area contributed by atoms with E-state index in [0.717, 1.165) is 42.4 Å². The van der Waals surface area contributed by atoms with Gasteiger partial charge < -0.3 is 15.1 Å². The molecule has 1 N–H and O–H groups in total. The van der Waals surface area contributed by atoms with E-state index in [2.05, 4.69) is 15.2 Å². The Morgan fingerprint density at radius 1 is 0.783 bits per heavy atom. The van der Waals surface area contributed by atoms with Crippen molar-refractivity contribution in [1.82, 2.24) is 24.4 Å². The number of benzene rings is 3. The summed E-state index contributed by atoms with van der Waals surface area (Å²) < 4.78 is 29.4. The van der Waals surface area contributed by atoms with Gasteiger partial charge in [-0.15, -0.1) is 0 Å². The molecule has 6 rings (SSSR count). The van der Waals surface area contributed by atoms with Crippen LogP contribution in [0.15, 0.2) is 102 Å². The predicted molar refractivity (Wildman–Crippen MR) is 179 cm³/mol. The zero-order valence-electron chi connectivity index (χ0n) is 26.0. The average Bonchev–Trinajstić information content (AvgIpc) is 3.11. The zero-order valence-corrected chi connectivity index (χ0v) is 26.8. The van der Waals surface area contributed by atoms with Gasteiger partial charge in [0, 0.05) is 50.4 Å². The van der Waals surface area contributed by atoms with E-state index < -0.39 is 22.0 Å². The Balaban J connectivity index is 1.24. The molecule has 1 atom stereocenters. The second kappa shape index (κ2) is 14.5. The lowest BCUT2D eigenvalue weighted by Gasteiger charge is -2.40. The number of piperidine rings is 1. The highest BCUT2D eigenvalue weighted by atomic mass is 32.2. The molecule has 0 radical (unpaired) electrons. The molecule has 2 aliphatic rings. The van der Waals surface area contributed by atoms with Gasteiger partial charge in [-0.1, -0.05) is 85.3 Å². The first-order valence-corrected chi connectivity index (χ1v) is 17.6. The van der Waals surface area contributed by atoms with Crippen LogP contribution in [0.2, 0.25) is 0 Å². The lowest BCUT2D eigenvalue weighted by atomic mass is 9.91. The van der Waals surface area contributed by atoms with Crippen LogP contribution < -0.4 is 5.32 Å². The molecule has 1 aromatic heterocycles. The molecule has 1 unspecified atom stereocenters. The van der Waals surface area contributed by atoms with Crippen molar-refractivity contribution in [2.45, 2.75) is 42.7 Å². The van der Waals surface area contributed by atoms with Crippen LogP contribution in [0.1, 0.15) is 42.7 Å². The molecule has 10 heteroatoms. The fraction of sp³-hybridized carbons (Fsp3) is 0.361. The Labute approximate surface area is 271 Å². The molecule has 240 valence electrons. The Kier molecular flexibility index (Phi) is 10.1. The smallest absolute Gasteiger partial charge is 0.261 e. The van der Waals surface area contributed by atoms with Crippen molar-refractivity contribution in [3.63, 3.8) is 0 Å². The summed E-state index contributed by atoms with van der Waals surface area (Å²) in [5.41, 5.74) is 2.64. The average molecular weight is 640 g/mol. The summed E-state index contributed by atoms with van der Waals surface area (Å²) in [5.74, 6) is -0.630. The van der Waals surface area contributed by atoms with Gasteiger partial charge in [0.1, 0.15) is 6.04 Å². The number of pyridine rings is 1. The van der Waals surface area contributed by atoms with Crippen molar-refractivity contribution in [2.75, 3.05) is 45.8 Å². The second-order valence-electron chi connectivity index (χ2n) is 12.1. The van der Waals surface area contributed by atoms with Gasteiger partial charge in [-0.05, 0) is 55.3 Å². The summed E-state index contributed by atoms with van der Waals surface area (Å²) in [7, 11) is -4.15. The van der Waals surface area contributed by atoms with E-state index in [9.17, 15) is 18.0 Å². The number of rotatable bonds is 10. The monoisotopic (exact) mass is 639 g/mol. The largest absolute Gasteiger partial charge is 0.354 e. The summed E-state index contributed by atoms with van der Waals surface area (Å²) in [6, 6.07) is 29.3. The maximum atomic E-state index is 14.1. The Morgan fingerprint density at radius 3 is 2.13 bits per heavy atom. The highest BCUT2D eigenvalue weighted by molar-refractivity contribution is 7.89. The van der Waals surface area contributed by atoms with E-state index in [1.54, 1.807) is 17.0 Å². The number of aromatic nitrogens is 1. The SMILES string of the molecule is O=C(NCC(c1ccccc1)c1ccccc1)C1CN(C(=O)CCN2CCCCC2)CCN1S(=O)(=O)c1ccc2ccccc2n1. The summed E-state index contributed by atoms with van der Waals surface area (Å²) in [6.45, 7) is 3.13. The molecule has 9 nitrogen and oxygen atoms in total. The Hall–Kier alpha value is -4.12. The number of hydrogen-bond acceptors (Lipinski definition) is 6. The van der Waals surface area contributed by atoms with E-state index >= 15 is 0 Å². The molecule has 2 saturated heterocycles. The van der Waals surface area contributed by atoms with Crippen LogP contribution in [-0.4, -0.2) is 91.2 Å². The summed E-state index contributed by atoms with van der Waals surface area (Å²) in [6.07, 6.45) is 3.85. The molecule has 2 aliphatic heterocycles. The van der Waals surface area contributed by atoms with Crippen LogP contribution in [0.4, 0.5) is 0 Å². The number of sulfonamides is 1. The number of nitrogens with zero attached hydrogens (tertiary/aromatic N) is 4. The van der Waals surface area contributed by atoms with Gasteiger partial charge in [0.15, 0.2) is 5.03 Å². The molecule has 46 heavy (non-hydrogen) atoms. The molecule has 3 aromatic carbocycles. The van der Waals surface area contributed by atoms with Gasteiger partial charge in [-0.25, -0.2) is 13.4 Å². The second-order valence-corrected chi connectivity index (χ2v) is 13.9. The topological polar surface area (TPSA) is 103 Å².